The fourth-order valence-corrected chi connectivity index (χ4v) is 2.79. The number of imide groups is 1. The highest BCUT2D eigenvalue weighted by atomic mass is 32.2. The quantitative estimate of drug-likeness (QED) is 0.825. The van der Waals surface area contributed by atoms with Crippen LogP contribution >= 0.6 is 11.8 Å². The average molecular weight is 356 g/mol. The van der Waals surface area contributed by atoms with Crippen LogP contribution in [-0.2, 0) is 4.79 Å². The van der Waals surface area contributed by atoms with Crippen molar-refractivity contribution < 1.29 is 18.4 Å². The SMILES string of the molecule is CC(C)(C)NC(=O)NC(=O)CSc1nc2ccccc2n1C(F)F. The number of amides is 3. The van der Waals surface area contributed by atoms with Crippen LogP contribution in [0.15, 0.2) is 29.4 Å². The van der Waals surface area contributed by atoms with Gasteiger partial charge in [-0.3, -0.25) is 14.7 Å². The van der Waals surface area contributed by atoms with Gasteiger partial charge < -0.3 is 5.32 Å². The number of fused-ring (bicyclic) bond motifs is 1. The number of urea groups is 1. The van der Waals surface area contributed by atoms with E-state index in [1.165, 1.54) is 6.07 Å². The highest BCUT2D eigenvalue weighted by Gasteiger charge is 2.20. The van der Waals surface area contributed by atoms with Crippen LogP contribution in [0.2, 0.25) is 0 Å². The topological polar surface area (TPSA) is 76.0 Å². The van der Waals surface area contributed by atoms with Gasteiger partial charge in [-0.2, -0.15) is 8.78 Å². The lowest BCUT2D eigenvalue weighted by atomic mass is 10.1. The van der Waals surface area contributed by atoms with Crippen LogP contribution in [0.3, 0.4) is 0 Å². The minimum Gasteiger partial charge on any atom is -0.333 e. The second kappa shape index (κ2) is 7.16. The van der Waals surface area contributed by atoms with E-state index in [1.807, 2.05) is 0 Å². The number of rotatable bonds is 4. The van der Waals surface area contributed by atoms with Gasteiger partial charge in [-0.25, -0.2) is 9.78 Å². The molecule has 2 aromatic rings. The molecule has 0 atom stereocenters. The van der Waals surface area contributed by atoms with Gasteiger partial charge in [0, 0.05) is 5.54 Å². The van der Waals surface area contributed by atoms with Crippen molar-refractivity contribution in [3.05, 3.63) is 24.3 Å². The number of nitrogens with zero attached hydrogens (tertiary/aromatic N) is 2. The largest absolute Gasteiger partial charge is 0.333 e. The van der Waals surface area contributed by atoms with E-state index in [-0.39, 0.29) is 10.9 Å². The lowest BCUT2D eigenvalue weighted by Gasteiger charge is -2.20. The van der Waals surface area contributed by atoms with Crippen molar-refractivity contribution in [3.63, 3.8) is 0 Å². The first-order valence-corrected chi connectivity index (χ1v) is 8.16. The Hall–Kier alpha value is -2.16. The maximum absolute atomic E-state index is 13.3. The molecular weight excluding hydrogens is 338 g/mol. The number of alkyl halides is 2. The number of carbonyl (C=O) groups is 2. The molecule has 0 aliphatic rings. The van der Waals surface area contributed by atoms with Crippen molar-refractivity contribution >= 4 is 34.7 Å². The summed E-state index contributed by atoms with van der Waals surface area (Å²) in [6, 6.07) is 5.87. The highest BCUT2D eigenvalue weighted by Crippen LogP contribution is 2.28. The summed E-state index contributed by atoms with van der Waals surface area (Å²) in [6.45, 7) is 2.55. The molecule has 0 unspecified atom stereocenters. The lowest BCUT2D eigenvalue weighted by molar-refractivity contribution is -0.117. The molecule has 2 N–H and O–H groups in total. The van der Waals surface area contributed by atoms with Gasteiger partial charge in [-0.15, -0.1) is 0 Å². The summed E-state index contributed by atoms with van der Waals surface area (Å²) in [5.74, 6) is -0.789. The molecule has 1 aromatic carbocycles. The number of carbonyl (C=O) groups excluding carboxylic acids is 2. The molecule has 0 radical (unpaired) electrons. The number of halogens is 2. The Morgan fingerprint density at radius 2 is 1.96 bits per heavy atom. The zero-order valence-corrected chi connectivity index (χ0v) is 14.3. The molecular formula is C15H18F2N4O2S. The van der Waals surface area contributed by atoms with Crippen LogP contribution < -0.4 is 10.6 Å². The molecule has 9 heteroatoms. The fourth-order valence-electron chi connectivity index (χ4n) is 1.98. The normalized spacial score (nSPS) is 11.8. The minimum absolute atomic E-state index is 0.0255. The maximum atomic E-state index is 13.3. The van der Waals surface area contributed by atoms with Crippen LogP contribution in [0.5, 0.6) is 0 Å². The van der Waals surface area contributed by atoms with Gasteiger partial charge in [-0.05, 0) is 32.9 Å². The molecule has 24 heavy (non-hydrogen) atoms. The molecule has 0 fully saturated rings. The molecule has 0 bridgehead atoms. The number of para-hydroxylation sites is 2. The first-order valence-electron chi connectivity index (χ1n) is 7.17. The van der Waals surface area contributed by atoms with Crippen LogP contribution in [-0.4, -0.2) is 32.8 Å². The van der Waals surface area contributed by atoms with E-state index in [0.717, 1.165) is 16.3 Å². The number of hydrogen-bond donors (Lipinski definition) is 2. The zero-order valence-electron chi connectivity index (χ0n) is 13.5. The van der Waals surface area contributed by atoms with Crippen LogP contribution in [0.4, 0.5) is 13.6 Å². The molecule has 0 saturated carbocycles. The van der Waals surface area contributed by atoms with Gasteiger partial charge in [0.1, 0.15) is 0 Å². The zero-order chi connectivity index (χ0) is 17.9. The van der Waals surface area contributed by atoms with Gasteiger partial charge >= 0.3 is 12.6 Å². The van der Waals surface area contributed by atoms with Gasteiger partial charge in [0.2, 0.25) is 5.91 Å². The summed E-state index contributed by atoms with van der Waals surface area (Å²) < 4.78 is 27.3. The second-order valence-electron chi connectivity index (χ2n) is 6.07. The minimum atomic E-state index is -2.77. The predicted molar refractivity (Wildman–Crippen MR) is 88.1 cm³/mol. The van der Waals surface area contributed by atoms with E-state index in [9.17, 15) is 18.4 Å². The van der Waals surface area contributed by atoms with Gasteiger partial charge in [0.25, 0.3) is 0 Å². The molecule has 0 aliphatic heterocycles. The third-order valence-electron chi connectivity index (χ3n) is 2.83. The number of imidazole rings is 1. The van der Waals surface area contributed by atoms with Crippen molar-refractivity contribution in [1.29, 1.82) is 0 Å². The molecule has 130 valence electrons. The van der Waals surface area contributed by atoms with Gasteiger partial charge in [0.15, 0.2) is 5.16 Å². The summed E-state index contributed by atoms with van der Waals surface area (Å²) in [7, 11) is 0. The molecule has 0 aliphatic carbocycles. The Morgan fingerprint density at radius 3 is 2.58 bits per heavy atom. The third kappa shape index (κ3) is 4.67. The number of nitrogens with one attached hydrogen (secondary N) is 2. The average Bonchev–Trinajstić information content (AvgIpc) is 2.81. The molecule has 0 saturated heterocycles. The Morgan fingerprint density at radius 1 is 1.29 bits per heavy atom. The Kier molecular flexibility index (Phi) is 5.43. The Labute approximate surface area is 142 Å². The molecule has 6 nitrogen and oxygen atoms in total. The summed E-state index contributed by atoms with van der Waals surface area (Å²) in [5, 5.41) is 4.76. The fraction of sp³-hybridized carbons (Fsp3) is 0.400. The predicted octanol–water partition coefficient (Wildman–Crippen LogP) is 3.15. The van der Waals surface area contributed by atoms with E-state index in [4.69, 9.17) is 0 Å². The van der Waals surface area contributed by atoms with Crippen LogP contribution in [0.1, 0.15) is 27.3 Å². The summed E-state index contributed by atoms with van der Waals surface area (Å²) in [4.78, 5) is 27.5. The Balaban J connectivity index is 2.04. The van der Waals surface area contributed by atoms with E-state index >= 15 is 0 Å². The highest BCUT2D eigenvalue weighted by molar-refractivity contribution is 7.99. The van der Waals surface area contributed by atoms with E-state index < -0.39 is 24.0 Å². The number of benzene rings is 1. The van der Waals surface area contributed by atoms with Crippen molar-refractivity contribution in [3.8, 4) is 0 Å². The van der Waals surface area contributed by atoms with Crippen molar-refractivity contribution in [2.75, 3.05) is 5.75 Å². The standard InChI is InChI=1S/C15H18F2N4O2S/c1-15(2,3)20-13(23)19-11(22)8-24-14-18-9-6-4-5-7-10(9)21(14)12(16)17/h4-7,12H,8H2,1-3H3,(H2,19,20,22,23). The van der Waals surface area contributed by atoms with Crippen molar-refractivity contribution in [2.24, 2.45) is 0 Å². The number of hydrogen-bond acceptors (Lipinski definition) is 4. The molecule has 0 spiro atoms. The van der Waals surface area contributed by atoms with E-state index in [0.29, 0.717) is 11.0 Å². The smallest absolute Gasteiger partial charge is 0.321 e. The summed E-state index contributed by atoms with van der Waals surface area (Å²) in [6.07, 6.45) is 0. The molecule has 1 aromatic heterocycles. The Bertz CT molecular complexity index is 756. The van der Waals surface area contributed by atoms with Gasteiger partial charge in [0.05, 0.1) is 16.8 Å². The molecule has 2 rings (SSSR count). The van der Waals surface area contributed by atoms with Crippen molar-refractivity contribution in [1.82, 2.24) is 20.2 Å². The molecule has 3 amide bonds. The van der Waals surface area contributed by atoms with Crippen molar-refractivity contribution in [2.45, 2.75) is 38.0 Å². The summed E-state index contributed by atoms with van der Waals surface area (Å²) >= 11 is 0.849. The first-order chi connectivity index (χ1) is 11.2. The number of aromatic nitrogens is 2. The lowest BCUT2D eigenvalue weighted by Crippen LogP contribution is -2.48. The number of thioether (sulfide) groups is 1. The van der Waals surface area contributed by atoms with Gasteiger partial charge in [-0.1, -0.05) is 23.9 Å². The van der Waals surface area contributed by atoms with E-state index in [2.05, 4.69) is 15.6 Å². The molecule has 1 heterocycles. The third-order valence-corrected chi connectivity index (χ3v) is 3.79. The second-order valence-corrected chi connectivity index (χ2v) is 7.01. The van der Waals surface area contributed by atoms with E-state index in [1.54, 1.807) is 39.0 Å². The van der Waals surface area contributed by atoms with Crippen LogP contribution in [0, 0.1) is 0 Å². The monoisotopic (exact) mass is 356 g/mol. The van der Waals surface area contributed by atoms with Crippen LogP contribution in [0.25, 0.3) is 11.0 Å². The first kappa shape index (κ1) is 18.2. The maximum Gasteiger partial charge on any atom is 0.321 e. The summed E-state index contributed by atoms with van der Waals surface area (Å²) in [5.41, 5.74) is 0.230.